The molecule has 0 fully saturated rings. The molecule has 0 unspecified atom stereocenters. The number of imidazole rings is 1. The van der Waals surface area contributed by atoms with Crippen LogP contribution in [0.3, 0.4) is 0 Å². The molecule has 0 saturated carbocycles. The van der Waals surface area contributed by atoms with Crippen molar-refractivity contribution in [3.05, 3.63) is 92.3 Å². The topological polar surface area (TPSA) is 88.1 Å². The van der Waals surface area contributed by atoms with Crippen molar-refractivity contribution in [2.45, 2.75) is 26.4 Å². The molecule has 0 radical (unpaired) electrons. The van der Waals surface area contributed by atoms with Crippen LogP contribution in [0.4, 0.5) is 0 Å². The van der Waals surface area contributed by atoms with E-state index in [1.54, 1.807) is 38.1 Å². The first-order valence-electron chi connectivity index (χ1n) is 10.1. The number of rotatable bonds is 6. The molecule has 0 spiro atoms. The third-order valence-electron chi connectivity index (χ3n) is 5.17. The average Bonchev–Trinajstić information content (AvgIpc) is 3.23. The summed E-state index contributed by atoms with van der Waals surface area (Å²) in [5.74, 6) is -0.495. The maximum atomic E-state index is 13.5. The molecule has 0 aliphatic rings. The molecule has 0 bridgehead atoms. The van der Waals surface area contributed by atoms with Crippen LogP contribution in [0.25, 0.3) is 16.9 Å². The summed E-state index contributed by atoms with van der Waals surface area (Å²) in [5, 5.41) is 0.511. The summed E-state index contributed by atoms with van der Waals surface area (Å²) < 4.78 is 9.05. The van der Waals surface area contributed by atoms with Gasteiger partial charge in [0, 0.05) is 5.02 Å². The molecule has 9 heteroatoms. The van der Waals surface area contributed by atoms with Crippen LogP contribution < -0.4 is 11.2 Å². The van der Waals surface area contributed by atoms with E-state index in [4.69, 9.17) is 16.3 Å². The number of ether oxygens (including phenoxy) is 1. The van der Waals surface area contributed by atoms with Crippen molar-refractivity contribution in [1.29, 1.82) is 0 Å². The number of aromatic nitrogens is 4. The predicted molar refractivity (Wildman–Crippen MR) is 121 cm³/mol. The van der Waals surface area contributed by atoms with Gasteiger partial charge in [0.1, 0.15) is 6.04 Å². The number of nitrogens with zero attached hydrogens (tertiary/aromatic N) is 4. The lowest BCUT2D eigenvalue weighted by atomic mass is 10.2. The van der Waals surface area contributed by atoms with Crippen LogP contribution in [-0.4, -0.2) is 31.3 Å². The molecule has 164 valence electrons. The summed E-state index contributed by atoms with van der Waals surface area (Å²) >= 11 is 6.02. The SMILES string of the molecule is CCOC(=O)[C@@H](C)n1cnc2c1c(=O)n(Cc1ccccc1)c(=O)n2-c1ccc(Cl)cc1. The Morgan fingerprint density at radius 3 is 2.44 bits per heavy atom. The number of hydrogen-bond acceptors (Lipinski definition) is 5. The van der Waals surface area contributed by atoms with E-state index in [2.05, 4.69) is 4.98 Å². The number of fused-ring (bicyclic) bond motifs is 1. The molecule has 4 aromatic rings. The van der Waals surface area contributed by atoms with Gasteiger partial charge in [0.2, 0.25) is 0 Å². The van der Waals surface area contributed by atoms with E-state index in [-0.39, 0.29) is 24.3 Å². The Bertz CT molecular complexity index is 1390. The molecule has 2 aromatic carbocycles. The lowest BCUT2D eigenvalue weighted by Crippen LogP contribution is -2.40. The van der Waals surface area contributed by atoms with E-state index in [0.717, 1.165) is 10.1 Å². The molecular formula is C23H21ClN4O4. The summed E-state index contributed by atoms with van der Waals surface area (Å²) in [6, 6.07) is 15.1. The highest BCUT2D eigenvalue weighted by Gasteiger charge is 2.24. The number of carbonyl (C=O) groups excluding carboxylic acids is 1. The molecule has 8 nitrogen and oxygen atoms in total. The van der Waals surface area contributed by atoms with E-state index >= 15 is 0 Å². The highest BCUT2D eigenvalue weighted by molar-refractivity contribution is 6.30. The molecular weight excluding hydrogens is 432 g/mol. The summed E-state index contributed by atoms with van der Waals surface area (Å²) in [6.45, 7) is 3.62. The van der Waals surface area contributed by atoms with Gasteiger partial charge < -0.3 is 9.30 Å². The summed E-state index contributed by atoms with van der Waals surface area (Å²) in [5.41, 5.74) is 0.507. The molecule has 2 heterocycles. The third kappa shape index (κ3) is 3.85. The third-order valence-corrected chi connectivity index (χ3v) is 5.42. The molecule has 0 N–H and O–H groups in total. The largest absolute Gasteiger partial charge is 0.464 e. The van der Waals surface area contributed by atoms with Crippen molar-refractivity contribution in [2.24, 2.45) is 0 Å². The zero-order valence-corrected chi connectivity index (χ0v) is 18.3. The first kappa shape index (κ1) is 21.6. The molecule has 0 saturated heterocycles. The standard InChI is InChI=1S/C23H21ClN4O4/c1-3-32-22(30)15(2)27-14-25-20-19(27)21(29)26(13-16-7-5-4-6-8-16)23(31)28(20)18-11-9-17(24)10-12-18/h4-12,14-15H,3,13H2,1-2H3/t15-/m1/s1. The molecule has 1 atom stereocenters. The maximum Gasteiger partial charge on any atom is 0.337 e. The van der Waals surface area contributed by atoms with Crippen LogP contribution in [0, 0.1) is 0 Å². The minimum atomic E-state index is -0.797. The fourth-order valence-electron chi connectivity index (χ4n) is 3.55. The van der Waals surface area contributed by atoms with E-state index in [1.165, 1.54) is 15.5 Å². The summed E-state index contributed by atoms with van der Waals surface area (Å²) in [7, 11) is 0. The fourth-order valence-corrected chi connectivity index (χ4v) is 3.67. The zero-order valence-electron chi connectivity index (χ0n) is 17.6. The van der Waals surface area contributed by atoms with Crippen LogP contribution in [0.2, 0.25) is 5.02 Å². The number of halogens is 1. The lowest BCUT2D eigenvalue weighted by molar-refractivity contribution is -0.146. The van der Waals surface area contributed by atoms with Crippen LogP contribution in [-0.2, 0) is 16.1 Å². The van der Waals surface area contributed by atoms with Crippen LogP contribution in [0.15, 0.2) is 70.5 Å². The van der Waals surface area contributed by atoms with Gasteiger partial charge in [-0.25, -0.2) is 19.1 Å². The second-order valence-corrected chi connectivity index (χ2v) is 7.66. The molecule has 0 aliphatic carbocycles. The smallest absolute Gasteiger partial charge is 0.337 e. The maximum absolute atomic E-state index is 13.5. The van der Waals surface area contributed by atoms with Gasteiger partial charge in [-0.15, -0.1) is 0 Å². The van der Waals surface area contributed by atoms with E-state index < -0.39 is 23.3 Å². The van der Waals surface area contributed by atoms with Crippen LogP contribution >= 0.6 is 11.6 Å². The fraction of sp³-hybridized carbons (Fsp3) is 0.217. The van der Waals surface area contributed by atoms with Gasteiger partial charge in [-0.2, -0.15) is 0 Å². The van der Waals surface area contributed by atoms with E-state index in [9.17, 15) is 14.4 Å². The minimum Gasteiger partial charge on any atom is -0.464 e. The Labute approximate surface area is 188 Å². The summed E-state index contributed by atoms with van der Waals surface area (Å²) in [4.78, 5) is 43.6. The van der Waals surface area contributed by atoms with Gasteiger partial charge in [-0.3, -0.25) is 9.36 Å². The molecule has 4 rings (SSSR count). The van der Waals surface area contributed by atoms with E-state index in [1.807, 2.05) is 30.3 Å². The van der Waals surface area contributed by atoms with Crippen LogP contribution in [0.5, 0.6) is 0 Å². The Morgan fingerprint density at radius 1 is 1.09 bits per heavy atom. The number of hydrogen-bond donors (Lipinski definition) is 0. The molecule has 0 aliphatic heterocycles. The Balaban J connectivity index is 2.01. The molecule has 0 amide bonds. The highest BCUT2D eigenvalue weighted by atomic mass is 35.5. The zero-order chi connectivity index (χ0) is 22.8. The van der Waals surface area contributed by atoms with Gasteiger partial charge >= 0.3 is 11.7 Å². The number of carbonyl (C=O) groups is 1. The minimum absolute atomic E-state index is 0.0704. The molecule has 2 aromatic heterocycles. The van der Waals surface area contributed by atoms with Gasteiger partial charge in [-0.05, 0) is 43.7 Å². The van der Waals surface area contributed by atoms with Gasteiger partial charge in [0.25, 0.3) is 5.56 Å². The van der Waals surface area contributed by atoms with Crippen molar-refractivity contribution < 1.29 is 9.53 Å². The van der Waals surface area contributed by atoms with E-state index in [0.29, 0.717) is 10.7 Å². The summed E-state index contributed by atoms with van der Waals surface area (Å²) in [6.07, 6.45) is 1.38. The average molecular weight is 453 g/mol. The normalized spacial score (nSPS) is 12.1. The highest BCUT2D eigenvalue weighted by Crippen LogP contribution is 2.19. The van der Waals surface area contributed by atoms with Gasteiger partial charge in [-0.1, -0.05) is 41.9 Å². The van der Waals surface area contributed by atoms with Crippen molar-refractivity contribution in [3.8, 4) is 5.69 Å². The Hall–Kier alpha value is -3.65. The number of benzene rings is 2. The van der Waals surface area contributed by atoms with Crippen molar-refractivity contribution in [1.82, 2.24) is 18.7 Å². The lowest BCUT2D eigenvalue weighted by Gasteiger charge is -2.15. The quantitative estimate of drug-likeness (QED) is 0.419. The second kappa shape index (κ2) is 8.84. The monoisotopic (exact) mass is 452 g/mol. The second-order valence-electron chi connectivity index (χ2n) is 7.22. The van der Waals surface area contributed by atoms with Crippen molar-refractivity contribution in [2.75, 3.05) is 6.61 Å². The number of esters is 1. The predicted octanol–water partition coefficient (Wildman–Crippen LogP) is 3.17. The van der Waals surface area contributed by atoms with Gasteiger partial charge in [0.15, 0.2) is 11.2 Å². The van der Waals surface area contributed by atoms with Crippen LogP contribution in [0.1, 0.15) is 25.5 Å². The van der Waals surface area contributed by atoms with Gasteiger partial charge in [0.05, 0.1) is 25.2 Å². The van der Waals surface area contributed by atoms with Crippen molar-refractivity contribution >= 4 is 28.7 Å². The Kier molecular flexibility index (Phi) is 5.96. The molecule has 32 heavy (non-hydrogen) atoms. The Morgan fingerprint density at radius 2 is 1.78 bits per heavy atom. The first-order valence-corrected chi connectivity index (χ1v) is 10.5. The van der Waals surface area contributed by atoms with Crippen molar-refractivity contribution in [3.63, 3.8) is 0 Å². The first-order chi connectivity index (χ1) is 15.4.